The average molecular weight is 265 g/mol. The maximum absolute atomic E-state index is 11.1. The molecule has 0 heterocycles. The van der Waals surface area contributed by atoms with E-state index in [0.717, 1.165) is 18.4 Å². The minimum absolute atomic E-state index is 0.204. The lowest BCUT2D eigenvalue weighted by Crippen LogP contribution is -2.43. The third kappa shape index (κ3) is 4.56. The molecule has 1 rings (SSSR count). The standard InChI is InChI=1S/C15H23NO3/c1-4-14(15(18)19)16(3)11(2)5-6-12-7-9-13(17)10-8-12/h7-11,14,17H,4-6H2,1-3H3,(H,18,19). The maximum atomic E-state index is 11.1. The molecule has 1 aromatic carbocycles. The summed E-state index contributed by atoms with van der Waals surface area (Å²) >= 11 is 0. The van der Waals surface area contributed by atoms with Crippen molar-refractivity contribution in [2.24, 2.45) is 0 Å². The van der Waals surface area contributed by atoms with Gasteiger partial charge in [-0.3, -0.25) is 9.69 Å². The Morgan fingerprint density at radius 2 is 1.89 bits per heavy atom. The van der Waals surface area contributed by atoms with Crippen molar-refractivity contribution in [3.63, 3.8) is 0 Å². The number of rotatable bonds is 7. The Labute approximate surface area is 114 Å². The summed E-state index contributed by atoms with van der Waals surface area (Å²) < 4.78 is 0. The summed E-state index contributed by atoms with van der Waals surface area (Å²) in [5.41, 5.74) is 1.15. The number of aromatic hydroxyl groups is 1. The van der Waals surface area contributed by atoms with E-state index in [-0.39, 0.29) is 11.8 Å². The van der Waals surface area contributed by atoms with Gasteiger partial charge in [-0.1, -0.05) is 19.1 Å². The lowest BCUT2D eigenvalue weighted by atomic mass is 10.0. The summed E-state index contributed by atoms with van der Waals surface area (Å²) in [5.74, 6) is -0.493. The Balaban J connectivity index is 2.52. The third-order valence-corrected chi connectivity index (χ3v) is 3.65. The Bertz CT molecular complexity index is 402. The van der Waals surface area contributed by atoms with E-state index in [2.05, 4.69) is 0 Å². The van der Waals surface area contributed by atoms with Gasteiger partial charge in [-0.05, 0) is 50.9 Å². The van der Waals surface area contributed by atoms with Crippen molar-refractivity contribution in [3.8, 4) is 5.75 Å². The minimum Gasteiger partial charge on any atom is -0.508 e. The second kappa shape index (κ2) is 7.14. The van der Waals surface area contributed by atoms with Gasteiger partial charge in [0.05, 0.1) is 0 Å². The number of phenols is 1. The molecule has 0 saturated heterocycles. The topological polar surface area (TPSA) is 60.8 Å². The van der Waals surface area contributed by atoms with E-state index in [4.69, 9.17) is 5.11 Å². The number of carboxylic acids is 1. The highest BCUT2D eigenvalue weighted by atomic mass is 16.4. The molecular formula is C15H23NO3. The first-order chi connectivity index (χ1) is 8.95. The van der Waals surface area contributed by atoms with Crippen LogP contribution in [0.3, 0.4) is 0 Å². The van der Waals surface area contributed by atoms with Gasteiger partial charge in [0.15, 0.2) is 0 Å². The Morgan fingerprint density at radius 1 is 1.32 bits per heavy atom. The molecule has 0 radical (unpaired) electrons. The molecule has 0 aliphatic rings. The number of hydrogen-bond acceptors (Lipinski definition) is 3. The highest BCUT2D eigenvalue weighted by Crippen LogP contribution is 2.15. The van der Waals surface area contributed by atoms with Gasteiger partial charge in [0, 0.05) is 6.04 Å². The second-order valence-corrected chi connectivity index (χ2v) is 4.98. The predicted molar refractivity (Wildman–Crippen MR) is 75.4 cm³/mol. The van der Waals surface area contributed by atoms with Gasteiger partial charge in [-0.25, -0.2) is 0 Å². The molecule has 19 heavy (non-hydrogen) atoms. The number of carboxylic acid groups (broad SMARTS) is 1. The SMILES string of the molecule is CCC(C(=O)O)N(C)C(C)CCc1ccc(O)cc1. The van der Waals surface area contributed by atoms with Crippen LogP contribution in [0, 0.1) is 0 Å². The first-order valence-corrected chi connectivity index (χ1v) is 6.68. The summed E-state index contributed by atoms with van der Waals surface area (Å²) in [6.45, 7) is 3.94. The van der Waals surface area contributed by atoms with E-state index in [1.54, 1.807) is 12.1 Å². The van der Waals surface area contributed by atoms with Crippen molar-refractivity contribution in [1.82, 2.24) is 4.90 Å². The summed E-state index contributed by atoms with van der Waals surface area (Å²) in [6.07, 6.45) is 2.38. The summed E-state index contributed by atoms with van der Waals surface area (Å²) in [4.78, 5) is 13.0. The van der Waals surface area contributed by atoms with Gasteiger partial charge in [-0.15, -0.1) is 0 Å². The summed E-state index contributed by atoms with van der Waals surface area (Å²) in [5, 5.41) is 18.4. The van der Waals surface area contributed by atoms with Crippen LogP contribution in [0.15, 0.2) is 24.3 Å². The van der Waals surface area contributed by atoms with Crippen molar-refractivity contribution >= 4 is 5.97 Å². The number of nitrogens with zero attached hydrogens (tertiary/aromatic N) is 1. The first-order valence-electron chi connectivity index (χ1n) is 6.68. The van der Waals surface area contributed by atoms with Gasteiger partial charge in [-0.2, -0.15) is 0 Å². The fourth-order valence-electron chi connectivity index (χ4n) is 2.19. The molecule has 0 amide bonds. The third-order valence-electron chi connectivity index (χ3n) is 3.65. The van der Waals surface area contributed by atoms with Crippen molar-refractivity contribution in [2.75, 3.05) is 7.05 Å². The average Bonchev–Trinajstić information content (AvgIpc) is 2.38. The van der Waals surface area contributed by atoms with E-state index in [1.165, 1.54) is 0 Å². The minimum atomic E-state index is -0.763. The fraction of sp³-hybridized carbons (Fsp3) is 0.533. The Hall–Kier alpha value is -1.55. The number of benzene rings is 1. The van der Waals surface area contributed by atoms with Crippen LogP contribution in [0.2, 0.25) is 0 Å². The molecule has 0 fully saturated rings. The molecular weight excluding hydrogens is 242 g/mol. The van der Waals surface area contributed by atoms with E-state index in [9.17, 15) is 9.90 Å². The van der Waals surface area contributed by atoms with Crippen molar-refractivity contribution < 1.29 is 15.0 Å². The zero-order chi connectivity index (χ0) is 14.4. The number of aryl methyl sites for hydroxylation is 1. The van der Waals surface area contributed by atoms with Crippen LogP contribution >= 0.6 is 0 Å². The molecule has 2 unspecified atom stereocenters. The predicted octanol–water partition coefficient (Wildman–Crippen LogP) is 2.51. The van der Waals surface area contributed by atoms with Gasteiger partial charge in [0.1, 0.15) is 11.8 Å². The van der Waals surface area contributed by atoms with Crippen LogP contribution in [0.25, 0.3) is 0 Å². The molecule has 0 bridgehead atoms. The lowest BCUT2D eigenvalue weighted by molar-refractivity contribution is -0.143. The van der Waals surface area contributed by atoms with Crippen molar-refractivity contribution in [1.29, 1.82) is 0 Å². The molecule has 1 aromatic rings. The number of hydrogen-bond donors (Lipinski definition) is 2. The molecule has 0 saturated carbocycles. The Morgan fingerprint density at radius 3 is 2.37 bits per heavy atom. The van der Waals surface area contributed by atoms with Crippen LogP contribution in [0.5, 0.6) is 5.75 Å². The van der Waals surface area contributed by atoms with Crippen LogP contribution in [0.4, 0.5) is 0 Å². The summed E-state index contributed by atoms with van der Waals surface area (Å²) in [7, 11) is 1.86. The molecule has 2 N–H and O–H groups in total. The fourth-order valence-corrected chi connectivity index (χ4v) is 2.19. The number of phenolic OH excluding ortho intramolecular Hbond substituents is 1. The first kappa shape index (κ1) is 15.5. The van der Waals surface area contributed by atoms with Gasteiger partial charge < -0.3 is 10.2 Å². The molecule has 2 atom stereocenters. The molecule has 0 aromatic heterocycles. The smallest absolute Gasteiger partial charge is 0.320 e. The molecule has 106 valence electrons. The molecule has 0 aliphatic carbocycles. The summed E-state index contributed by atoms with van der Waals surface area (Å²) in [6, 6.07) is 6.93. The lowest BCUT2D eigenvalue weighted by Gasteiger charge is -2.29. The van der Waals surface area contributed by atoms with Crippen molar-refractivity contribution in [2.45, 2.75) is 45.2 Å². The Kier molecular flexibility index (Phi) is 5.83. The van der Waals surface area contributed by atoms with E-state index in [0.29, 0.717) is 6.42 Å². The molecule has 4 heteroatoms. The number of carbonyl (C=O) groups is 1. The van der Waals surface area contributed by atoms with E-state index < -0.39 is 12.0 Å². The van der Waals surface area contributed by atoms with Gasteiger partial charge in [0.2, 0.25) is 0 Å². The molecule has 0 aliphatic heterocycles. The second-order valence-electron chi connectivity index (χ2n) is 4.98. The van der Waals surface area contributed by atoms with Gasteiger partial charge in [0.25, 0.3) is 0 Å². The van der Waals surface area contributed by atoms with Crippen LogP contribution < -0.4 is 0 Å². The number of likely N-dealkylation sites (N-methyl/N-ethyl adjacent to an activating group) is 1. The van der Waals surface area contributed by atoms with Gasteiger partial charge >= 0.3 is 5.97 Å². The quantitative estimate of drug-likeness (QED) is 0.795. The van der Waals surface area contributed by atoms with Crippen LogP contribution in [-0.2, 0) is 11.2 Å². The van der Waals surface area contributed by atoms with E-state index in [1.807, 2.05) is 37.9 Å². The molecule has 4 nitrogen and oxygen atoms in total. The normalized spacial score (nSPS) is 14.3. The monoisotopic (exact) mass is 265 g/mol. The maximum Gasteiger partial charge on any atom is 0.320 e. The van der Waals surface area contributed by atoms with E-state index >= 15 is 0 Å². The highest BCUT2D eigenvalue weighted by Gasteiger charge is 2.24. The van der Waals surface area contributed by atoms with Crippen LogP contribution in [-0.4, -0.2) is 40.2 Å². The van der Waals surface area contributed by atoms with Crippen molar-refractivity contribution in [3.05, 3.63) is 29.8 Å². The number of aliphatic carboxylic acids is 1. The molecule has 0 spiro atoms. The highest BCUT2D eigenvalue weighted by molar-refractivity contribution is 5.73. The zero-order valence-corrected chi connectivity index (χ0v) is 11.8. The van der Waals surface area contributed by atoms with Crippen LogP contribution in [0.1, 0.15) is 32.3 Å². The zero-order valence-electron chi connectivity index (χ0n) is 11.8. The largest absolute Gasteiger partial charge is 0.508 e.